The molecule has 146 valence electrons. The average Bonchev–Trinajstić information content (AvgIpc) is 2.66. The number of fused-ring (bicyclic) bond motifs is 2. The number of cyclic esters (lactones) is 1. The lowest BCUT2D eigenvalue weighted by Gasteiger charge is -2.22. The minimum atomic E-state index is -0.637. The number of carbonyl (C=O) groups is 1. The lowest BCUT2D eigenvalue weighted by Crippen LogP contribution is -2.13. The molecule has 0 amide bonds. The van der Waals surface area contributed by atoms with Crippen LogP contribution < -0.4 is 9.47 Å². The number of phenolic OH excluding ortho intramolecular Hbond substituents is 1. The number of hydrogen-bond donors (Lipinski definition) is 1. The summed E-state index contributed by atoms with van der Waals surface area (Å²) < 4.78 is 16.7. The van der Waals surface area contributed by atoms with Gasteiger partial charge < -0.3 is 19.3 Å². The Bertz CT molecular complexity index is 984. The SMILES string of the molecule is COc1c(SCC(C)C)ccc2c1C(=O)OCc1c(Cl)c(C#N)cc(O)c1O2. The molecular formula is C20H18ClNO5S. The van der Waals surface area contributed by atoms with Gasteiger partial charge in [0.15, 0.2) is 17.2 Å². The van der Waals surface area contributed by atoms with Gasteiger partial charge in [0.2, 0.25) is 0 Å². The van der Waals surface area contributed by atoms with Crippen LogP contribution in [0.3, 0.4) is 0 Å². The molecule has 6 nitrogen and oxygen atoms in total. The van der Waals surface area contributed by atoms with Crippen molar-refractivity contribution in [3.8, 4) is 29.1 Å². The molecule has 0 saturated carbocycles. The highest BCUT2D eigenvalue weighted by Crippen LogP contribution is 2.46. The minimum absolute atomic E-state index is 0.0439. The normalized spacial score (nSPS) is 12.8. The third-order valence-corrected chi connectivity index (χ3v) is 5.93. The first-order valence-corrected chi connectivity index (χ1v) is 9.86. The summed E-state index contributed by atoms with van der Waals surface area (Å²) in [5.41, 5.74) is 0.438. The van der Waals surface area contributed by atoms with Gasteiger partial charge in [-0.15, -0.1) is 11.8 Å². The predicted molar refractivity (Wildman–Crippen MR) is 106 cm³/mol. The van der Waals surface area contributed by atoms with Crippen molar-refractivity contribution < 1.29 is 24.1 Å². The zero-order chi connectivity index (χ0) is 20.4. The molecule has 1 N–H and O–H groups in total. The van der Waals surface area contributed by atoms with Crippen molar-refractivity contribution in [2.75, 3.05) is 12.9 Å². The van der Waals surface area contributed by atoms with Gasteiger partial charge in [-0.3, -0.25) is 0 Å². The van der Waals surface area contributed by atoms with E-state index in [0.29, 0.717) is 11.7 Å². The third-order valence-electron chi connectivity index (χ3n) is 4.03. The van der Waals surface area contributed by atoms with Gasteiger partial charge in [0, 0.05) is 11.8 Å². The molecule has 0 fully saturated rings. The molecule has 0 spiro atoms. The second kappa shape index (κ2) is 8.21. The molecule has 0 bridgehead atoms. The number of esters is 1. The molecule has 2 aromatic rings. The van der Waals surface area contributed by atoms with Gasteiger partial charge >= 0.3 is 5.97 Å². The van der Waals surface area contributed by atoms with Gasteiger partial charge in [-0.05, 0) is 18.1 Å². The summed E-state index contributed by atoms with van der Waals surface area (Å²) in [7, 11) is 1.47. The van der Waals surface area contributed by atoms with Crippen molar-refractivity contribution in [3.05, 3.63) is 39.9 Å². The highest BCUT2D eigenvalue weighted by molar-refractivity contribution is 7.99. The average molecular weight is 420 g/mol. The number of phenols is 1. The van der Waals surface area contributed by atoms with Crippen molar-refractivity contribution >= 4 is 29.3 Å². The predicted octanol–water partition coefficient (Wildman–Crippen LogP) is 5.14. The molecule has 8 heteroatoms. The molecule has 0 saturated heterocycles. The Morgan fingerprint density at radius 1 is 1.43 bits per heavy atom. The van der Waals surface area contributed by atoms with Crippen LogP contribution in [-0.2, 0) is 11.3 Å². The van der Waals surface area contributed by atoms with Crippen LogP contribution in [0.5, 0.6) is 23.0 Å². The number of aromatic hydroxyl groups is 1. The van der Waals surface area contributed by atoms with Crippen molar-refractivity contribution in [2.45, 2.75) is 25.3 Å². The lowest BCUT2D eigenvalue weighted by atomic mass is 10.1. The van der Waals surface area contributed by atoms with E-state index in [0.717, 1.165) is 10.6 Å². The zero-order valence-electron chi connectivity index (χ0n) is 15.5. The van der Waals surface area contributed by atoms with Gasteiger partial charge in [0.25, 0.3) is 0 Å². The van der Waals surface area contributed by atoms with Crippen LogP contribution in [0.4, 0.5) is 0 Å². The number of carbonyl (C=O) groups excluding carboxylic acids is 1. The summed E-state index contributed by atoms with van der Waals surface area (Å²) in [5.74, 6) is 0.979. The quantitative estimate of drug-likeness (QED) is 0.542. The summed E-state index contributed by atoms with van der Waals surface area (Å²) in [6.45, 7) is 3.95. The fourth-order valence-corrected chi connectivity index (χ4v) is 3.95. The van der Waals surface area contributed by atoms with Gasteiger partial charge in [0.1, 0.15) is 24.0 Å². The first-order chi connectivity index (χ1) is 13.4. The number of halogens is 1. The molecule has 0 aliphatic carbocycles. The van der Waals surface area contributed by atoms with Crippen LogP contribution >= 0.6 is 23.4 Å². The maximum Gasteiger partial charge on any atom is 0.346 e. The van der Waals surface area contributed by atoms with Crippen LogP contribution in [-0.4, -0.2) is 23.9 Å². The van der Waals surface area contributed by atoms with Crippen LogP contribution in [0.1, 0.15) is 35.3 Å². The highest BCUT2D eigenvalue weighted by atomic mass is 35.5. The Hall–Kier alpha value is -2.56. The first-order valence-electron chi connectivity index (χ1n) is 8.50. The number of nitrogens with zero attached hydrogens (tertiary/aromatic N) is 1. The minimum Gasteiger partial charge on any atom is -0.504 e. The Morgan fingerprint density at radius 2 is 2.18 bits per heavy atom. The van der Waals surface area contributed by atoms with Crippen molar-refractivity contribution in [2.24, 2.45) is 5.92 Å². The molecule has 0 unspecified atom stereocenters. The number of hydrogen-bond acceptors (Lipinski definition) is 7. The largest absolute Gasteiger partial charge is 0.504 e. The van der Waals surface area contributed by atoms with E-state index >= 15 is 0 Å². The molecule has 0 atom stereocenters. The van der Waals surface area contributed by atoms with Gasteiger partial charge in [-0.2, -0.15) is 5.26 Å². The second-order valence-electron chi connectivity index (χ2n) is 6.53. The third kappa shape index (κ3) is 3.71. The summed E-state index contributed by atoms with van der Waals surface area (Å²) in [5, 5.41) is 19.5. The van der Waals surface area contributed by atoms with Gasteiger partial charge in [0.05, 0.1) is 28.2 Å². The van der Waals surface area contributed by atoms with E-state index < -0.39 is 5.97 Å². The van der Waals surface area contributed by atoms with Crippen LogP contribution in [0.2, 0.25) is 5.02 Å². The fourth-order valence-electron chi connectivity index (χ4n) is 2.72. The number of ether oxygens (including phenoxy) is 3. The summed E-state index contributed by atoms with van der Waals surface area (Å²) >= 11 is 7.79. The monoisotopic (exact) mass is 419 g/mol. The first kappa shape index (κ1) is 20.2. The van der Waals surface area contributed by atoms with E-state index in [1.165, 1.54) is 13.2 Å². The van der Waals surface area contributed by atoms with E-state index in [2.05, 4.69) is 13.8 Å². The topological polar surface area (TPSA) is 88.8 Å². The molecular weight excluding hydrogens is 402 g/mol. The van der Waals surface area contributed by atoms with Crippen LogP contribution in [0, 0.1) is 17.2 Å². The van der Waals surface area contributed by atoms with E-state index in [9.17, 15) is 9.90 Å². The van der Waals surface area contributed by atoms with Crippen molar-refractivity contribution in [1.82, 2.24) is 0 Å². The lowest BCUT2D eigenvalue weighted by molar-refractivity contribution is 0.0454. The van der Waals surface area contributed by atoms with Crippen molar-refractivity contribution in [3.63, 3.8) is 0 Å². The van der Waals surface area contributed by atoms with E-state index in [4.69, 9.17) is 31.1 Å². The number of methoxy groups -OCH3 is 1. The Labute approximate surface area is 172 Å². The smallest absolute Gasteiger partial charge is 0.346 e. The second-order valence-corrected chi connectivity index (χ2v) is 7.97. The molecule has 0 radical (unpaired) electrons. The maximum atomic E-state index is 12.7. The fraction of sp³-hybridized carbons (Fsp3) is 0.300. The van der Waals surface area contributed by atoms with E-state index in [-0.39, 0.29) is 45.6 Å². The maximum absolute atomic E-state index is 12.7. The summed E-state index contributed by atoms with van der Waals surface area (Å²) in [4.78, 5) is 13.5. The Kier molecular flexibility index (Phi) is 5.92. The number of rotatable bonds is 4. The highest BCUT2D eigenvalue weighted by Gasteiger charge is 2.30. The molecule has 3 rings (SSSR count). The molecule has 2 aromatic carbocycles. The molecule has 1 heterocycles. The van der Waals surface area contributed by atoms with E-state index in [1.54, 1.807) is 23.9 Å². The standard InChI is InChI=1S/C20H18ClNO5S/c1-10(2)9-28-15-5-4-14-16(19(15)25-3)20(24)26-8-12-17(21)11(7-22)6-13(23)18(12)27-14/h4-6,10,23H,8-9H2,1-3H3. The van der Waals surface area contributed by atoms with Crippen molar-refractivity contribution in [1.29, 1.82) is 5.26 Å². The van der Waals surface area contributed by atoms with Gasteiger partial charge in [-0.1, -0.05) is 25.4 Å². The molecule has 28 heavy (non-hydrogen) atoms. The number of benzene rings is 2. The van der Waals surface area contributed by atoms with Crippen LogP contribution in [0.15, 0.2) is 23.1 Å². The number of thioether (sulfide) groups is 1. The molecule has 1 aliphatic heterocycles. The summed E-state index contributed by atoms with van der Waals surface area (Å²) in [6.07, 6.45) is 0. The van der Waals surface area contributed by atoms with E-state index in [1.807, 2.05) is 6.07 Å². The van der Waals surface area contributed by atoms with Gasteiger partial charge in [-0.25, -0.2) is 4.79 Å². The summed E-state index contributed by atoms with van der Waals surface area (Å²) in [6, 6.07) is 6.53. The zero-order valence-corrected chi connectivity index (χ0v) is 17.1. The Morgan fingerprint density at radius 3 is 2.82 bits per heavy atom. The van der Waals surface area contributed by atoms with Crippen LogP contribution in [0.25, 0.3) is 0 Å². The molecule has 1 aliphatic rings. The Balaban J connectivity index is 2.14. The molecule has 0 aromatic heterocycles. The number of nitriles is 1.